The van der Waals surface area contributed by atoms with Gasteiger partial charge >= 0.3 is 0 Å². The van der Waals surface area contributed by atoms with E-state index in [1.165, 1.54) is 4.68 Å². The lowest BCUT2D eigenvalue weighted by atomic mass is 9.96. The number of hydrogen-bond acceptors (Lipinski definition) is 4. The van der Waals surface area contributed by atoms with E-state index < -0.39 is 5.41 Å². The lowest BCUT2D eigenvalue weighted by Gasteiger charge is -2.20. The third-order valence-corrected chi connectivity index (χ3v) is 4.53. The molecule has 24 heavy (non-hydrogen) atoms. The van der Waals surface area contributed by atoms with Gasteiger partial charge in [-0.2, -0.15) is 0 Å². The van der Waals surface area contributed by atoms with Crippen molar-refractivity contribution in [1.82, 2.24) is 9.66 Å². The highest BCUT2D eigenvalue weighted by atomic mass is 32.1. The summed E-state index contributed by atoms with van der Waals surface area (Å²) in [5.74, 6) is 0.299. The predicted molar refractivity (Wildman–Crippen MR) is 97.0 cm³/mol. The van der Waals surface area contributed by atoms with Crippen molar-refractivity contribution in [2.75, 3.05) is 5.43 Å². The van der Waals surface area contributed by atoms with Gasteiger partial charge in [0, 0.05) is 16.7 Å². The zero-order chi connectivity index (χ0) is 17.3. The van der Waals surface area contributed by atoms with Gasteiger partial charge in [-0.05, 0) is 23.6 Å². The van der Waals surface area contributed by atoms with Crippen molar-refractivity contribution in [3.05, 3.63) is 62.8 Å². The Kier molecular flexibility index (Phi) is 4.24. The second kappa shape index (κ2) is 6.20. The van der Waals surface area contributed by atoms with Gasteiger partial charge in [-0.1, -0.05) is 39.0 Å². The van der Waals surface area contributed by atoms with Gasteiger partial charge < -0.3 is 0 Å². The van der Waals surface area contributed by atoms with Crippen molar-refractivity contribution in [2.45, 2.75) is 27.2 Å². The van der Waals surface area contributed by atoms with Gasteiger partial charge in [0.25, 0.3) is 5.56 Å². The van der Waals surface area contributed by atoms with Crippen molar-refractivity contribution in [2.24, 2.45) is 5.41 Å². The minimum Gasteiger partial charge on any atom is -0.273 e. The highest BCUT2D eigenvalue weighted by molar-refractivity contribution is 7.09. The van der Waals surface area contributed by atoms with E-state index in [9.17, 15) is 9.59 Å². The fraction of sp³-hybridized carbons (Fsp3) is 0.278. The van der Waals surface area contributed by atoms with Gasteiger partial charge in [-0.3, -0.25) is 15.0 Å². The third-order valence-electron chi connectivity index (χ3n) is 3.65. The average Bonchev–Trinajstić information content (AvgIpc) is 3.03. The molecule has 1 aromatic carbocycles. The first-order chi connectivity index (χ1) is 11.4. The third kappa shape index (κ3) is 3.23. The van der Waals surface area contributed by atoms with E-state index in [0.717, 1.165) is 4.88 Å². The molecule has 0 unspecified atom stereocenters. The van der Waals surface area contributed by atoms with Gasteiger partial charge in [0.15, 0.2) is 0 Å². The van der Waals surface area contributed by atoms with Crippen LogP contribution in [0.25, 0.3) is 10.9 Å². The number of nitrogens with one attached hydrogen (secondary N) is 1. The molecule has 0 radical (unpaired) electrons. The van der Waals surface area contributed by atoms with E-state index in [4.69, 9.17) is 0 Å². The van der Waals surface area contributed by atoms with E-state index in [0.29, 0.717) is 23.1 Å². The Morgan fingerprint density at radius 1 is 1.21 bits per heavy atom. The molecule has 0 spiro atoms. The van der Waals surface area contributed by atoms with Crippen LogP contribution in [0.4, 0.5) is 0 Å². The number of thiophene rings is 1. The summed E-state index contributed by atoms with van der Waals surface area (Å²) in [5.41, 5.74) is 2.50. The van der Waals surface area contributed by atoms with Crippen molar-refractivity contribution in [3.8, 4) is 0 Å². The van der Waals surface area contributed by atoms with Crippen LogP contribution in [-0.2, 0) is 11.2 Å². The number of benzene rings is 1. The molecule has 0 saturated heterocycles. The number of para-hydroxylation sites is 1. The van der Waals surface area contributed by atoms with Gasteiger partial charge in [-0.15, -0.1) is 11.3 Å². The highest BCUT2D eigenvalue weighted by Gasteiger charge is 2.23. The predicted octanol–water partition coefficient (Wildman–Crippen LogP) is 3.17. The Hall–Kier alpha value is -2.47. The molecule has 2 heterocycles. The van der Waals surface area contributed by atoms with Crippen LogP contribution >= 0.6 is 11.3 Å². The SMILES string of the molecule is CC(C)(C)C(=O)Nn1c(Cc2cccs2)nc2ccccc2c1=O. The molecule has 0 aliphatic carbocycles. The summed E-state index contributed by atoms with van der Waals surface area (Å²) in [4.78, 5) is 30.9. The van der Waals surface area contributed by atoms with Gasteiger partial charge in [-0.25, -0.2) is 9.66 Å². The Morgan fingerprint density at radius 2 is 1.96 bits per heavy atom. The van der Waals surface area contributed by atoms with Crippen molar-refractivity contribution < 1.29 is 4.79 Å². The first-order valence-electron chi connectivity index (χ1n) is 7.71. The first-order valence-corrected chi connectivity index (χ1v) is 8.59. The maximum Gasteiger partial charge on any atom is 0.280 e. The number of nitrogens with zero attached hydrogens (tertiary/aromatic N) is 2. The number of amides is 1. The highest BCUT2D eigenvalue weighted by Crippen LogP contribution is 2.17. The zero-order valence-corrected chi connectivity index (χ0v) is 14.7. The average molecular weight is 341 g/mol. The molecule has 3 aromatic rings. The molecule has 124 valence electrons. The van der Waals surface area contributed by atoms with Gasteiger partial charge in [0.05, 0.1) is 10.9 Å². The summed E-state index contributed by atoms with van der Waals surface area (Å²) >= 11 is 1.59. The molecule has 5 nitrogen and oxygen atoms in total. The Balaban J connectivity index is 2.14. The van der Waals surface area contributed by atoms with Crippen LogP contribution in [0.3, 0.4) is 0 Å². The molecule has 0 aliphatic heterocycles. The van der Waals surface area contributed by atoms with E-state index in [1.54, 1.807) is 44.2 Å². The Bertz CT molecular complexity index is 937. The summed E-state index contributed by atoms with van der Waals surface area (Å²) in [6, 6.07) is 11.1. The lowest BCUT2D eigenvalue weighted by molar-refractivity contribution is -0.124. The van der Waals surface area contributed by atoms with E-state index in [1.807, 2.05) is 29.6 Å². The minimum absolute atomic E-state index is 0.228. The zero-order valence-electron chi connectivity index (χ0n) is 13.9. The van der Waals surface area contributed by atoms with E-state index >= 15 is 0 Å². The number of carbonyl (C=O) groups excluding carboxylic acids is 1. The van der Waals surface area contributed by atoms with Crippen LogP contribution in [-0.4, -0.2) is 15.6 Å². The van der Waals surface area contributed by atoms with Crippen LogP contribution in [0, 0.1) is 5.41 Å². The molecule has 0 aliphatic rings. The van der Waals surface area contributed by atoms with Crippen LogP contribution in [0.2, 0.25) is 0 Å². The summed E-state index contributed by atoms with van der Waals surface area (Å²) in [6.45, 7) is 5.42. The van der Waals surface area contributed by atoms with E-state index in [2.05, 4.69) is 10.4 Å². The van der Waals surface area contributed by atoms with Crippen LogP contribution in [0.5, 0.6) is 0 Å². The summed E-state index contributed by atoms with van der Waals surface area (Å²) in [6.07, 6.45) is 0.488. The normalized spacial score (nSPS) is 11.6. The smallest absolute Gasteiger partial charge is 0.273 e. The Labute approximate surface area is 143 Å². The van der Waals surface area contributed by atoms with Crippen molar-refractivity contribution in [3.63, 3.8) is 0 Å². The fourth-order valence-electron chi connectivity index (χ4n) is 2.25. The summed E-state index contributed by atoms with van der Waals surface area (Å²) < 4.78 is 1.29. The second-order valence-electron chi connectivity index (χ2n) is 6.63. The monoisotopic (exact) mass is 341 g/mol. The maximum atomic E-state index is 12.9. The maximum absolute atomic E-state index is 12.9. The molecule has 2 aromatic heterocycles. The molecule has 3 rings (SSSR count). The number of hydrogen-bond donors (Lipinski definition) is 1. The Morgan fingerprint density at radius 3 is 2.62 bits per heavy atom. The van der Waals surface area contributed by atoms with Crippen LogP contribution < -0.4 is 11.0 Å². The molecule has 0 atom stereocenters. The van der Waals surface area contributed by atoms with E-state index in [-0.39, 0.29) is 11.5 Å². The summed E-state index contributed by atoms with van der Waals surface area (Å²) in [7, 11) is 0. The van der Waals surface area contributed by atoms with Crippen LogP contribution in [0.15, 0.2) is 46.6 Å². The van der Waals surface area contributed by atoms with Gasteiger partial charge in [0.1, 0.15) is 5.82 Å². The number of fused-ring (bicyclic) bond motifs is 1. The molecule has 0 fully saturated rings. The summed E-state index contributed by atoms with van der Waals surface area (Å²) in [5, 5.41) is 2.47. The first kappa shape index (κ1) is 16.4. The number of rotatable bonds is 3. The largest absolute Gasteiger partial charge is 0.280 e. The quantitative estimate of drug-likeness (QED) is 0.796. The topological polar surface area (TPSA) is 64.0 Å². The molecule has 6 heteroatoms. The number of carbonyl (C=O) groups is 1. The standard InChI is InChI=1S/C18H19N3O2S/c1-18(2,3)17(23)20-21-15(11-12-7-6-10-24-12)19-14-9-5-4-8-13(14)16(21)22/h4-10H,11H2,1-3H3,(H,20,23). The molecule has 1 amide bonds. The molecular formula is C18H19N3O2S. The number of aromatic nitrogens is 2. The van der Waals surface area contributed by atoms with Gasteiger partial charge in [0.2, 0.25) is 5.91 Å². The van der Waals surface area contributed by atoms with Crippen molar-refractivity contribution in [1.29, 1.82) is 0 Å². The molecule has 0 bridgehead atoms. The van der Waals surface area contributed by atoms with Crippen LogP contribution in [0.1, 0.15) is 31.5 Å². The molecule has 0 saturated carbocycles. The second-order valence-corrected chi connectivity index (χ2v) is 7.67. The minimum atomic E-state index is -0.606. The molecular weight excluding hydrogens is 322 g/mol. The molecule has 1 N–H and O–H groups in total. The fourth-order valence-corrected chi connectivity index (χ4v) is 2.95. The van der Waals surface area contributed by atoms with Crippen molar-refractivity contribution >= 4 is 28.1 Å². The lowest BCUT2D eigenvalue weighted by Crippen LogP contribution is -2.41.